The third kappa shape index (κ3) is 2.75. The minimum absolute atomic E-state index is 0.131. The van der Waals surface area contributed by atoms with E-state index in [0.29, 0.717) is 4.34 Å². The molecule has 1 aromatic rings. The molecule has 88 valence electrons. The van der Waals surface area contributed by atoms with Crippen LogP contribution in [-0.4, -0.2) is 44.0 Å². The molecule has 2 rings (SSSR count). The highest BCUT2D eigenvalue weighted by Crippen LogP contribution is 2.22. The number of thiophene rings is 1. The molecule has 1 atom stereocenters. The van der Waals surface area contributed by atoms with Gasteiger partial charge in [-0.3, -0.25) is 4.79 Å². The molecular formula is C11H16ClN2OS+. The van der Waals surface area contributed by atoms with Gasteiger partial charge in [0, 0.05) is 13.0 Å². The van der Waals surface area contributed by atoms with E-state index in [9.17, 15) is 4.79 Å². The second-order valence-corrected chi connectivity index (χ2v) is 5.92. The van der Waals surface area contributed by atoms with E-state index in [2.05, 4.69) is 7.05 Å². The van der Waals surface area contributed by atoms with E-state index in [1.165, 1.54) is 16.2 Å². The van der Waals surface area contributed by atoms with Gasteiger partial charge in [0.1, 0.15) is 0 Å². The maximum Gasteiger partial charge on any atom is 0.264 e. The first-order valence-corrected chi connectivity index (χ1v) is 6.72. The fourth-order valence-electron chi connectivity index (χ4n) is 1.92. The predicted molar refractivity (Wildman–Crippen MR) is 66.5 cm³/mol. The quantitative estimate of drug-likeness (QED) is 0.792. The fourth-order valence-corrected chi connectivity index (χ4v) is 2.93. The summed E-state index contributed by atoms with van der Waals surface area (Å²) in [6.45, 7) is 3.89. The zero-order valence-electron chi connectivity index (χ0n) is 9.33. The lowest BCUT2D eigenvalue weighted by Crippen LogP contribution is -3.09. The lowest BCUT2D eigenvalue weighted by atomic mass is 10.3. The number of hydrogen-bond donors (Lipinski definition) is 1. The molecule has 1 N–H and O–H groups in total. The molecule has 16 heavy (non-hydrogen) atoms. The van der Waals surface area contributed by atoms with E-state index < -0.39 is 0 Å². The van der Waals surface area contributed by atoms with E-state index in [1.807, 2.05) is 11.0 Å². The van der Waals surface area contributed by atoms with Crippen molar-refractivity contribution in [3.63, 3.8) is 0 Å². The molecule has 1 saturated heterocycles. The molecule has 0 radical (unpaired) electrons. The average molecular weight is 260 g/mol. The number of amides is 1. The van der Waals surface area contributed by atoms with Crippen LogP contribution in [0, 0.1) is 0 Å². The monoisotopic (exact) mass is 259 g/mol. The van der Waals surface area contributed by atoms with Crippen molar-refractivity contribution in [3.05, 3.63) is 21.3 Å². The first-order valence-electron chi connectivity index (χ1n) is 5.53. The SMILES string of the molecule is C[NH+]1CCCN(C(=O)c2ccc(Cl)s2)CC1. The maximum atomic E-state index is 12.1. The van der Waals surface area contributed by atoms with Crippen LogP contribution in [0.1, 0.15) is 16.1 Å². The highest BCUT2D eigenvalue weighted by Gasteiger charge is 2.21. The van der Waals surface area contributed by atoms with Crippen LogP contribution in [-0.2, 0) is 0 Å². The van der Waals surface area contributed by atoms with Crippen LogP contribution in [0.2, 0.25) is 4.34 Å². The number of carbonyl (C=O) groups is 1. The highest BCUT2D eigenvalue weighted by atomic mass is 35.5. The van der Waals surface area contributed by atoms with Crippen molar-refractivity contribution >= 4 is 28.8 Å². The first kappa shape index (κ1) is 11.9. The molecule has 0 bridgehead atoms. The van der Waals surface area contributed by atoms with Gasteiger partial charge in [-0.15, -0.1) is 11.3 Å². The number of nitrogens with zero attached hydrogens (tertiary/aromatic N) is 1. The number of rotatable bonds is 1. The molecule has 1 unspecified atom stereocenters. The Bertz CT molecular complexity index is 380. The van der Waals surface area contributed by atoms with Gasteiger partial charge < -0.3 is 9.80 Å². The highest BCUT2D eigenvalue weighted by molar-refractivity contribution is 7.17. The van der Waals surface area contributed by atoms with E-state index in [0.717, 1.165) is 37.5 Å². The Kier molecular flexibility index (Phi) is 3.84. The van der Waals surface area contributed by atoms with Gasteiger partial charge in [-0.25, -0.2) is 0 Å². The second kappa shape index (κ2) is 5.17. The normalized spacial score (nSPS) is 21.9. The van der Waals surface area contributed by atoms with Gasteiger partial charge in [-0.1, -0.05) is 11.6 Å². The Morgan fingerprint density at radius 1 is 1.44 bits per heavy atom. The average Bonchev–Trinajstić information content (AvgIpc) is 2.57. The van der Waals surface area contributed by atoms with Gasteiger partial charge in [0.25, 0.3) is 5.91 Å². The standard InChI is InChI=1S/C11H15ClN2OS/c1-13-5-2-6-14(8-7-13)11(15)9-3-4-10(12)16-9/h3-4H,2,5-8H2,1H3/p+1. The number of hydrogen-bond acceptors (Lipinski definition) is 2. The zero-order valence-corrected chi connectivity index (χ0v) is 10.9. The van der Waals surface area contributed by atoms with Crippen molar-refractivity contribution in [2.45, 2.75) is 6.42 Å². The van der Waals surface area contributed by atoms with Gasteiger partial charge in [-0.05, 0) is 12.1 Å². The summed E-state index contributed by atoms with van der Waals surface area (Å²) in [6, 6.07) is 3.60. The molecule has 0 aromatic carbocycles. The van der Waals surface area contributed by atoms with Crippen LogP contribution < -0.4 is 4.90 Å². The second-order valence-electron chi connectivity index (χ2n) is 4.21. The van der Waals surface area contributed by atoms with Gasteiger partial charge in [0.15, 0.2) is 0 Å². The number of likely N-dealkylation sites (N-methyl/N-ethyl adjacent to an activating group) is 1. The number of quaternary nitrogens is 1. The van der Waals surface area contributed by atoms with Crippen LogP contribution in [0.15, 0.2) is 12.1 Å². The van der Waals surface area contributed by atoms with Gasteiger partial charge in [0.2, 0.25) is 0 Å². The van der Waals surface area contributed by atoms with Crippen molar-refractivity contribution in [2.24, 2.45) is 0 Å². The maximum absolute atomic E-state index is 12.1. The summed E-state index contributed by atoms with van der Waals surface area (Å²) in [5, 5.41) is 0. The van der Waals surface area contributed by atoms with Gasteiger partial charge in [-0.2, -0.15) is 0 Å². The molecule has 1 amide bonds. The van der Waals surface area contributed by atoms with Crippen LogP contribution in [0.5, 0.6) is 0 Å². The molecular weight excluding hydrogens is 244 g/mol. The fraction of sp³-hybridized carbons (Fsp3) is 0.545. The van der Waals surface area contributed by atoms with Crippen molar-refractivity contribution in [3.8, 4) is 0 Å². The molecule has 0 aliphatic carbocycles. The molecule has 1 fully saturated rings. The van der Waals surface area contributed by atoms with Crippen molar-refractivity contribution in [1.82, 2.24) is 4.90 Å². The third-order valence-electron chi connectivity index (χ3n) is 2.91. The Morgan fingerprint density at radius 2 is 2.25 bits per heavy atom. The summed E-state index contributed by atoms with van der Waals surface area (Å²) < 4.78 is 0.681. The Balaban J connectivity index is 2.04. The van der Waals surface area contributed by atoms with Crippen LogP contribution in [0.25, 0.3) is 0 Å². The minimum atomic E-state index is 0.131. The molecule has 0 saturated carbocycles. The Labute approximate surface area is 105 Å². The molecule has 2 heterocycles. The third-order valence-corrected chi connectivity index (χ3v) is 4.13. The van der Waals surface area contributed by atoms with Crippen LogP contribution >= 0.6 is 22.9 Å². The largest absolute Gasteiger partial charge is 0.336 e. The molecule has 1 aromatic heterocycles. The van der Waals surface area contributed by atoms with E-state index in [4.69, 9.17) is 11.6 Å². The van der Waals surface area contributed by atoms with E-state index in [-0.39, 0.29) is 5.91 Å². The smallest absolute Gasteiger partial charge is 0.264 e. The summed E-state index contributed by atoms with van der Waals surface area (Å²) in [7, 11) is 2.18. The zero-order chi connectivity index (χ0) is 11.5. The minimum Gasteiger partial charge on any atom is -0.336 e. The van der Waals surface area contributed by atoms with Crippen molar-refractivity contribution in [1.29, 1.82) is 0 Å². The van der Waals surface area contributed by atoms with E-state index in [1.54, 1.807) is 6.07 Å². The van der Waals surface area contributed by atoms with E-state index >= 15 is 0 Å². The Hall–Kier alpha value is -0.580. The van der Waals surface area contributed by atoms with Crippen LogP contribution in [0.3, 0.4) is 0 Å². The summed E-state index contributed by atoms with van der Waals surface area (Å²) in [4.78, 5) is 16.3. The summed E-state index contributed by atoms with van der Waals surface area (Å²) in [5.74, 6) is 0.131. The molecule has 5 heteroatoms. The van der Waals surface area contributed by atoms with Crippen LogP contribution in [0.4, 0.5) is 0 Å². The topological polar surface area (TPSA) is 24.8 Å². The molecule has 1 aliphatic heterocycles. The predicted octanol–water partition coefficient (Wildman–Crippen LogP) is 0.762. The lowest BCUT2D eigenvalue weighted by Gasteiger charge is -2.18. The lowest BCUT2D eigenvalue weighted by molar-refractivity contribution is -0.877. The Morgan fingerprint density at radius 3 is 2.94 bits per heavy atom. The van der Waals surface area contributed by atoms with Gasteiger partial charge >= 0.3 is 0 Å². The summed E-state index contributed by atoms with van der Waals surface area (Å²) in [6.07, 6.45) is 1.08. The number of halogens is 1. The molecule has 0 spiro atoms. The molecule has 1 aliphatic rings. The number of carbonyl (C=O) groups excluding carboxylic acids is 1. The summed E-state index contributed by atoms with van der Waals surface area (Å²) in [5.41, 5.74) is 0. The first-order chi connectivity index (χ1) is 7.66. The number of nitrogens with one attached hydrogen (secondary N) is 1. The summed E-state index contributed by atoms with van der Waals surface area (Å²) >= 11 is 7.21. The molecule has 3 nitrogen and oxygen atoms in total. The van der Waals surface area contributed by atoms with Crippen molar-refractivity contribution < 1.29 is 9.69 Å². The van der Waals surface area contributed by atoms with Gasteiger partial charge in [0.05, 0.1) is 35.9 Å². The van der Waals surface area contributed by atoms with Crippen molar-refractivity contribution in [2.75, 3.05) is 33.2 Å².